The third kappa shape index (κ3) is 1.23. The van der Waals surface area contributed by atoms with Crippen molar-refractivity contribution in [2.45, 2.75) is 10.9 Å². The molecule has 2 aromatic rings. The Hall–Kier alpha value is -1.54. The standard InChI is InChI=1S/C14H11NS/c1-15-12-7-6-11-13(16)8-5-9-3-2-4-10(12)14(9)11/h2-8,12,16H,1H2. The van der Waals surface area contributed by atoms with Crippen molar-refractivity contribution >= 4 is 36.2 Å². The predicted molar refractivity (Wildman–Crippen MR) is 72.5 cm³/mol. The average molecular weight is 225 g/mol. The summed E-state index contributed by atoms with van der Waals surface area (Å²) in [6, 6.07) is 10.5. The van der Waals surface area contributed by atoms with Gasteiger partial charge >= 0.3 is 0 Å². The molecule has 0 aliphatic heterocycles. The monoisotopic (exact) mass is 225 g/mol. The maximum atomic E-state index is 4.50. The van der Waals surface area contributed by atoms with Gasteiger partial charge in [0.15, 0.2) is 0 Å². The molecule has 16 heavy (non-hydrogen) atoms. The average Bonchev–Trinajstić information content (AvgIpc) is 2.34. The van der Waals surface area contributed by atoms with Gasteiger partial charge in [-0.2, -0.15) is 0 Å². The lowest BCUT2D eigenvalue weighted by atomic mass is 9.90. The lowest BCUT2D eigenvalue weighted by Gasteiger charge is -2.19. The summed E-state index contributed by atoms with van der Waals surface area (Å²) in [6.07, 6.45) is 4.17. The number of thiol groups is 1. The molecular formula is C14H11NS. The van der Waals surface area contributed by atoms with E-state index in [2.05, 4.69) is 60.8 Å². The molecule has 2 heteroatoms. The van der Waals surface area contributed by atoms with Crippen molar-refractivity contribution in [3.8, 4) is 0 Å². The summed E-state index contributed by atoms with van der Waals surface area (Å²) in [5, 5.41) is 2.50. The largest absolute Gasteiger partial charge is 0.289 e. The number of benzene rings is 2. The molecule has 2 aromatic carbocycles. The van der Waals surface area contributed by atoms with Gasteiger partial charge in [-0.1, -0.05) is 36.4 Å². The van der Waals surface area contributed by atoms with Crippen LogP contribution in [0, 0.1) is 0 Å². The zero-order valence-corrected chi connectivity index (χ0v) is 9.61. The Balaban J connectivity index is 2.48. The van der Waals surface area contributed by atoms with E-state index in [-0.39, 0.29) is 6.04 Å². The zero-order chi connectivity index (χ0) is 11.1. The van der Waals surface area contributed by atoms with E-state index in [1.807, 2.05) is 6.07 Å². The van der Waals surface area contributed by atoms with Gasteiger partial charge in [-0.05, 0) is 34.7 Å². The Morgan fingerprint density at radius 3 is 2.88 bits per heavy atom. The quantitative estimate of drug-likeness (QED) is 0.558. The Morgan fingerprint density at radius 1 is 1.19 bits per heavy atom. The van der Waals surface area contributed by atoms with Crippen molar-refractivity contribution in [2.75, 3.05) is 0 Å². The highest BCUT2D eigenvalue weighted by Gasteiger charge is 2.16. The Labute approximate surface area is 99.9 Å². The molecule has 3 rings (SSSR count). The summed E-state index contributed by atoms with van der Waals surface area (Å²) in [6.45, 7) is 3.65. The lowest BCUT2D eigenvalue weighted by molar-refractivity contribution is 0.931. The first-order valence-electron chi connectivity index (χ1n) is 5.20. The van der Waals surface area contributed by atoms with Crippen molar-refractivity contribution in [3.63, 3.8) is 0 Å². The van der Waals surface area contributed by atoms with E-state index in [0.29, 0.717) is 0 Å². The van der Waals surface area contributed by atoms with Gasteiger partial charge in [0.1, 0.15) is 0 Å². The van der Waals surface area contributed by atoms with Crippen LogP contribution >= 0.6 is 12.6 Å². The predicted octanol–water partition coefficient (Wildman–Crippen LogP) is 3.90. The minimum atomic E-state index is 0.0753. The van der Waals surface area contributed by atoms with Crippen molar-refractivity contribution in [1.29, 1.82) is 0 Å². The fourth-order valence-electron chi connectivity index (χ4n) is 2.29. The molecular weight excluding hydrogens is 214 g/mol. The Kier molecular flexibility index (Phi) is 2.11. The van der Waals surface area contributed by atoms with Gasteiger partial charge in [0.25, 0.3) is 0 Å². The van der Waals surface area contributed by atoms with Gasteiger partial charge in [0.2, 0.25) is 0 Å². The second-order valence-electron chi connectivity index (χ2n) is 3.93. The molecule has 1 nitrogen and oxygen atoms in total. The van der Waals surface area contributed by atoms with Crippen LogP contribution in [0.4, 0.5) is 0 Å². The van der Waals surface area contributed by atoms with Crippen LogP contribution in [0.3, 0.4) is 0 Å². The van der Waals surface area contributed by atoms with Crippen LogP contribution in [0.2, 0.25) is 0 Å². The highest BCUT2D eigenvalue weighted by atomic mass is 32.1. The van der Waals surface area contributed by atoms with E-state index in [1.165, 1.54) is 21.9 Å². The molecule has 0 spiro atoms. The minimum absolute atomic E-state index is 0.0753. The minimum Gasteiger partial charge on any atom is -0.289 e. The molecule has 0 amide bonds. The summed E-state index contributed by atoms with van der Waals surface area (Å²) >= 11 is 4.50. The summed E-state index contributed by atoms with van der Waals surface area (Å²) in [5.41, 5.74) is 2.41. The third-order valence-corrected chi connectivity index (χ3v) is 3.45. The van der Waals surface area contributed by atoms with E-state index >= 15 is 0 Å². The van der Waals surface area contributed by atoms with E-state index in [1.54, 1.807) is 0 Å². The van der Waals surface area contributed by atoms with Crippen LogP contribution < -0.4 is 0 Å². The topological polar surface area (TPSA) is 12.4 Å². The first-order chi connectivity index (χ1) is 7.81. The Bertz CT molecular complexity index is 613. The summed E-state index contributed by atoms with van der Waals surface area (Å²) < 4.78 is 0. The highest BCUT2D eigenvalue weighted by Crippen LogP contribution is 2.37. The van der Waals surface area contributed by atoms with Crippen LogP contribution in [-0.2, 0) is 0 Å². The maximum absolute atomic E-state index is 4.50. The summed E-state index contributed by atoms with van der Waals surface area (Å²) in [5.74, 6) is 0. The molecule has 0 bridgehead atoms. The SMILES string of the molecule is C=NC1C=Cc2c(S)ccc3cccc1c23. The van der Waals surface area contributed by atoms with Gasteiger partial charge in [-0.15, -0.1) is 12.6 Å². The normalized spacial score (nSPS) is 17.7. The highest BCUT2D eigenvalue weighted by molar-refractivity contribution is 7.80. The van der Waals surface area contributed by atoms with Crippen LogP contribution in [0.25, 0.3) is 16.8 Å². The van der Waals surface area contributed by atoms with Crippen molar-refractivity contribution in [1.82, 2.24) is 0 Å². The first-order valence-corrected chi connectivity index (χ1v) is 5.64. The summed E-state index contributed by atoms with van der Waals surface area (Å²) in [7, 11) is 0. The van der Waals surface area contributed by atoms with Crippen molar-refractivity contribution in [3.05, 3.63) is 47.5 Å². The molecule has 0 fully saturated rings. The molecule has 0 N–H and O–H groups in total. The van der Waals surface area contributed by atoms with Crippen molar-refractivity contribution < 1.29 is 0 Å². The lowest BCUT2D eigenvalue weighted by Crippen LogP contribution is -1.99. The van der Waals surface area contributed by atoms with Gasteiger partial charge in [-0.25, -0.2) is 0 Å². The van der Waals surface area contributed by atoms with Crippen LogP contribution in [-0.4, -0.2) is 6.72 Å². The van der Waals surface area contributed by atoms with E-state index in [9.17, 15) is 0 Å². The smallest absolute Gasteiger partial charge is 0.0932 e. The van der Waals surface area contributed by atoms with Gasteiger partial charge in [0, 0.05) is 4.90 Å². The molecule has 0 aromatic heterocycles. The fourth-order valence-corrected chi connectivity index (χ4v) is 2.55. The molecule has 0 radical (unpaired) electrons. The fraction of sp³-hybridized carbons (Fsp3) is 0.0714. The number of hydrogen-bond donors (Lipinski definition) is 1. The van der Waals surface area contributed by atoms with Crippen LogP contribution in [0.5, 0.6) is 0 Å². The first kappa shape index (κ1) is 9.67. The van der Waals surface area contributed by atoms with Crippen molar-refractivity contribution in [2.24, 2.45) is 4.99 Å². The van der Waals surface area contributed by atoms with E-state index < -0.39 is 0 Å². The number of aliphatic imine (C=N–C) groups is 1. The van der Waals surface area contributed by atoms with E-state index in [0.717, 1.165) is 4.90 Å². The number of hydrogen-bond acceptors (Lipinski definition) is 2. The molecule has 0 heterocycles. The van der Waals surface area contributed by atoms with Gasteiger partial charge < -0.3 is 0 Å². The zero-order valence-electron chi connectivity index (χ0n) is 8.72. The van der Waals surface area contributed by atoms with Crippen LogP contribution in [0.1, 0.15) is 17.2 Å². The molecule has 0 saturated carbocycles. The third-order valence-electron chi connectivity index (χ3n) is 3.06. The van der Waals surface area contributed by atoms with Crippen LogP contribution in [0.15, 0.2) is 46.3 Å². The molecule has 1 aliphatic rings. The molecule has 1 atom stereocenters. The number of nitrogens with zero attached hydrogens (tertiary/aromatic N) is 1. The second kappa shape index (κ2) is 3.49. The molecule has 1 aliphatic carbocycles. The summed E-state index contributed by atoms with van der Waals surface area (Å²) in [4.78, 5) is 5.15. The second-order valence-corrected chi connectivity index (χ2v) is 4.41. The number of rotatable bonds is 1. The van der Waals surface area contributed by atoms with E-state index in [4.69, 9.17) is 0 Å². The molecule has 1 unspecified atom stereocenters. The molecule has 78 valence electrons. The molecule has 0 saturated heterocycles. The maximum Gasteiger partial charge on any atom is 0.0932 e. The van der Waals surface area contributed by atoms with Gasteiger partial charge in [-0.3, -0.25) is 4.99 Å². The van der Waals surface area contributed by atoms with Gasteiger partial charge in [0.05, 0.1) is 6.04 Å². The Morgan fingerprint density at radius 2 is 2.06 bits per heavy atom.